The lowest BCUT2D eigenvalue weighted by molar-refractivity contribution is -0.140. The predicted molar refractivity (Wildman–Crippen MR) is 131 cm³/mol. The summed E-state index contributed by atoms with van der Waals surface area (Å²) >= 11 is 0. The highest BCUT2D eigenvalue weighted by Crippen LogP contribution is 2.43. The molecule has 1 heterocycles. The minimum Gasteiger partial charge on any atom is -0.480 e. The van der Waals surface area contributed by atoms with Crippen molar-refractivity contribution in [1.82, 2.24) is 4.57 Å². The highest BCUT2D eigenvalue weighted by molar-refractivity contribution is 6.01. The fourth-order valence-electron chi connectivity index (χ4n) is 5.66. The number of aliphatic carboxylic acids is 1. The molecule has 1 unspecified atom stereocenters. The molecular weight excluding hydrogens is 508 g/mol. The smallest absolute Gasteiger partial charge is 0.418 e. The number of halogens is 4. The number of Topliss-reactive ketones (excluding diaryl/α,β-unsaturated/α-hetero) is 1. The van der Waals surface area contributed by atoms with E-state index in [4.69, 9.17) is 16.6 Å². The standard InChI is InChI=1S/C26H30F4N4O4/c1-25(2)9-18-20(19(35)10-25)15(26(28,29)30)11-34(18)14-7-16(27)21(23(32)36)17(8-14)33-13-5-3-12(4-6-13)22(31)24(37)38/h7-8,11-13,22,33H,3-6,9-10,31H2,1-2H3,(H2,32,36)(H,37,38). The Morgan fingerprint density at radius 3 is 2.34 bits per heavy atom. The van der Waals surface area contributed by atoms with Gasteiger partial charge in [-0.05, 0) is 55.6 Å². The third kappa shape index (κ3) is 5.27. The summed E-state index contributed by atoms with van der Waals surface area (Å²) < 4.78 is 58.1. The third-order valence-corrected chi connectivity index (χ3v) is 7.50. The second-order valence-corrected chi connectivity index (χ2v) is 11.0. The number of amides is 1. The summed E-state index contributed by atoms with van der Waals surface area (Å²) in [7, 11) is 0. The van der Waals surface area contributed by atoms with Gasteiger partial charge in [-0.25, -0.2) is 4.39 Å². The Bertz CT molecular complexity index is 1290. The number of ketones is 1. The molecule has 6 N–H and O–H groups in total. The maximum absolute atomic E-state index is 15.2. The molecule has 1 fully saturated rings. The number of benzene rings is 1. The molecule has 2 aliphatic carbocycles. The summed E-state index contributed by atoms with van der Waals surface area (Å²) in [4.78, 5) is 36.1. The lowest BCUT2D eigenvalue weighted by atomic mass is 9.75. The zero-order valence-electron chi connectivity index (χ0n) is 21.0. The number of anilines is 1. The van der Waals surface area contributed by atoms with E-state index in [1.165, 1.54) is 10.6 Å². The van der Waals surface area contributed by atoms with Gasteiger partial charge in [0.15, 0.2) is 5.78 Å². The number of aromatic nitrogens is 1. The quantitative estimate of drug-likeness (QED) is 0.405. The van der Waals surface area contributed by atoms with Gasteiger partial charge in [0.05, 0.1) is 28.1 Å². The van der Waals surface area contributed by atoms with Crippen molar-refractivity contribution in [1.29, 1.82) is 0 Å². The van der Waals surface area contributed by atoms with Crippen LogP contribution in [-0.4, -0.2) is 39.4 Å². The van der Waals surface area contributed by atoms with Gasteiger partial charge in [0.25, 0.3) is 5.91 Å². The number of alkyl halides is 3. The van der Waals surface area contributed by atoms with E-state index >= 15 is 4.39 Å². The van der Waals surface area contributed by atoms with Gasteiger partial charge in [0, 0.05) is 24.4 Å². The minimum absolute atomic E-state index is 0.00818. The molecule has 1 aromatic heterocycles. The van der Waals surface area contributed by atoms with E-state index < -0.39 is 57.8 Å². The van der Waals surface area contributed by atoms with Crippen LogP contribution in [0.15, 0.2) is 18.3 Å². The monoisotopic (exact) mass is 538 g/mol. The van der Waals surface area contributed by atoms with E-state index in [9.17, 15) is 27.6 Å². The van der Waals surface area contributed by atoms with E-state index in [0.29, 0.717) is 25.7 Å². The molecule has 4 rings (SSSR count). The number of hydrogen-bond donors (Lipinski definition) is 4. The molecular formula is C26H30F4N4O4. The first-order valence-electron chi connectivity index (χ1n) is 12.3. The number of primary amides is 1. The molecule has 0 aliphatic heterocycles. The molecule has 0 bridgehead atoms. The van der Waals surface area contributed by atoms with Crippen molar-refractivity contribution in [3.8, 4) is 5.69 Å². The van der Waals surface area contributed by atoms with Crippen molar-refractivity contribution in [3.05, 3.63) is 46.5 Å². The lowest BCUT2D eigenvalue weighted by Crippen LogP contribution is -2.41. The summed E-state index contributed by atoms with van der Waals surface area (Å²) in [6, 6.07) is 1.00. The van der Waals surface area contributed by atoms with Crippen LogP contribution in [0.25, 0.3) is 5.69 Å². The molecule has 1 atom stereocenters. The summed E-state index contributed by atoms with van der Waals surface area (Å²) in [5.74, 6) is -4.04. The Kier molecular flexibility index (Phi) is 7.06. The van der Waals surface area contributed by atoms with Crippen LogP contribution >= 0.6 is 0 Å². The van der Waals surface area contributed by atoms with Crippen LogP contribution in [0.4, 0.5) is 23.2 Å². The summed E-state index contributed by atoms with van der Waals surface area (Å²) in [5.41, 5.74) is 8.76. The second-order valence-electron chi connectivity index (χ2n) is 11.0. The number of fused-ring (bicyclic) bond motifs is 1. The Morgan fingerprint density at radius 1 is 1.16 bits per heavy atom. The topological polar surface area (TPSA) is 140 Å². The summed E-state index contributed by atoms with van der Waals surface area (Å²) in [5, 5.41) is 12.2. The average Bonchev–Trinajstić information content (AvgIpc) is 3.17. The van der Waals surface area contributed by atoms with Gasteiger partial charge in [-0.1, -0.05) is 13.8 Å². The first-order valence-corrected chi connectivity index (χ1v) is 12.3. The maximum Gasteiger partial charge on any atom is 0.418 e. The van der Waals surface area contributed by atoms with Gasteiger partial charge in [0.2, 0.25) is 0 Å². The number of nitrogens with two attached hydrogens (primary N) is 2. The molecule has 206 valence electrons. The number of nitrogens with one attached hydrogen (secondary N) is 1. The number of carboxylic acid groups (broad SMARTS) is 1. The molecule has 0 spiro atoms. The molecule has 1 aromatic carbocycles. The van der Waals surface area contributed by atoms with E-state index in [1.807, 2.05) is 0 Å². The predicted octanol–water partition coefficient (Wildman–Crippen LogP) is 4.27. The third-order valence-electron chi connectivity index (χ3n) is 7.50. The highest BCUT2D eigenvalue weighted by Gasteiger charge is 2.44. The van der Waals surface area contributed by atoms with Crippen LogP contribution in [0, 0.1) is 17.2 Å². The van der Waals surface area contributed by atoms with Crippen LogP contribution in [0.1, 0.15) is 77.9 Å². The molecule has 2 aliphatic rings. The van der Waals surface area contributed by atoms with Gasteiger partial charge in [0.1, 0.15) is 11.9 Å². The van der Waals surface area contributed by atoms with Crippen molar-refractivity contribution in [2.24, 2.45) is 22.8 Å². The Hall–Kier alpha value is -3.41. The number of carboxylic acids is 1. The van der Waals surface area contributed by atoms with Crippen LogP contribution in [0.3, 0.4) is 0 Å². The zero-order valence-corrected chi connectivity index (χ0v) is 21.0. The SMILES string of the molecule is CC1(C)CC(=O)c2c(C(F)(F)F)cn(-c3cc(F)c(C(N)=O)c(NC4CCC(C(N)C(=O)O)CC4)c3)c2C1. The Morgan fingerprint density at radius 2 is 1.79 bits per heavy atom. The van der Waals surface area contributed by atoms with E-state index in [1.54, 1.807) is 13.8 Å². The van der Waals surface area contributed by atoms with E-state index in [-0.39, 0.29) is 41.9 Å². The molecule has 38 heavy (non-hydrogen) atoms. The molecule has 2 aromatic rings. The lowest BCUT2D eigenvalue weighted by Gasteiger charge is -2.32. The summed E-state index contributed by atoms with van der Waals surface area (Å²) in [6.45, 7) is 3.55. The van der Waals surface area contributed by atoms with Gasteiger partial charge in [-0.2, -0.15) is 13.2 Å². The maximum atomic E-state index is 15.2. The van der Waals surface area contributed by atoms with Crippen LogP contribution < -0.4 is 16.8 Å². The molecule has 8 nitrogen and oxygen atoms in total. The fourth-order valence-corrected chi connectivity index (χ4v) is 5.66. The number of carbonyl (C=O) groups is 3. The zero-order chi connectivity index (χ0) is 28.2. The Labute approximate surface area is 216 Å². The molecule has 1 amide bonds. The Balaban J connectivity index is 1.75. The van der Waals surface area contributed by atoms with Crippen molar-refractivity contribution < 1.29 is 37.1 Å². The average molecular weight is 539 g/mol. The second kappa shape index (κ2) is 9.72. The number of nitrogens with zero attached hydrogens (tertiary/aromatic N) is 1. The van der Waals surface area contributed by atoms with Crippen LogP contribution in [-0.2, 0) is 17.4 Å². The van der Waals surface area contributed by atoms with Gasteiger partial charge in [-0.3, -0.25) is 14.4 Å². The summed E-state index contributed by atoms with van der Waals surface area (Å²) in [6.07, 6.45) is -1.97. The number of rotatable bonds is 6. The number of carbonyl (C=O) groups excluding carboxylic acids is 2. The molecule has 0 saturated heterocycles. The van der Waals surface area contributed by atoms with Gasteiger partial charge >= 0.3 is 12.1 Å². The molecule has 0 radical (unpaired) electrons. The molecule has 1 saturated carbocycles. The van der Waals surface area contributed by atoms with Crippen molar-refractivity contribution in [2.75, 3.05) is 5.32 Å². The van der Waals surface area contributed by atoms with Crippen molar-refractivity contribution >= 4 is 23.3 Å². The largest absolute Gasteiger partial charge is 0.480 e. The van der Waals surface area contributed by atoms with Gasteiger partial charge < -0.3 is 26.5 Å². The highest BCUT2D eigenvalue weighted by atomic mass is 19.4. The van der Waals surface area contributed by atoms with Gasteiger partial charge in [-0.15, -0.1) is 0 Å². The van der Waals surface area contributed by atoms with Crippen molar-refractivity contribution in [2.45, 2.75) is 70.6 Å². The minimum atomic E-state index is -4.80. The first-order chi connectivity index (χ1) is 17.6. The van der Waals surface area contributed by atoms with E-state index in [2.05, 4.69) is 5.32 Å². The first kappa shape index (κ1) is 27.6. The van der Waals surface area contributed by atoms with Crippen molar-refractivity contribution in [3.63, 3.8) is 0 Å². The fraction of sp³-hybridized carbons (Fsp3) is 0.500. The van der Waals surface area contributed by atoms with Crippen LogP contribution in [0.5, 0.6) is 0 Å². The van der Waals surface area contributed by atoms with Crippen LogP contribution in [0.2, 0.25) is 0 Å². The molecule has 12 heteroatoms. The normalized spacial score (nSPS) is 22.0. The number of hydrogen-bond acceptors (Lipinski definition) is 5. The van der Waals surface area contributed by atoms with E-state index in [0.717, 1.165) is 12.3 Å².